The van der Waals surface area contributed by atoms with Crippen LogP contribution in [0.5, 0.6) is 0 Å². The summed E-state index contributed by atoms with van der Waals surface area (Å²) in [6, 6.07) is 16.8. The maximum absolute atomic E-state index is 12.1. The van der Waals surface area contributed by atoms with E-state index in [2.05, 4.69) is 21.1 Å². The molecule has 0 saturated heterocycles. The lowest BCUT2D eigenvalue weighted by Crippen LogP contribution is -2.33. The van der Waals surface area contributed by atoms with Crippen molar-refractivity contribution in [1.29, 1.82) is 0 Å². The SMILES string of the molecule is O=C(N/N=C(\C=N\NC(=O)c1ccccc1)C[C@H](O)[C@H](O)CO)c1ccccc1. The number of hydrogen-bond donors (Lipinski definition) is 5. The van der Waals surface area contributed by atoms with E-state index in [9.17, 15) is 19.8 Å². The van der Waals surface area contributed by atoms with Gasteiger partial charge < -0.3 is 15.3 Å². The zero-order valence-electron chi connectivity index (χ0n) is 15.5. The minimum atomic E-state index is -1.39. The molecule has 2 aromatic carbocycles. The van der Waals surface area contributed by atoms with E-state index in [4.69, 9.17) is 5.11 Å². The van der Waals surface area contributed by atoms with Gasteiger partial charge in [0, 0.05) is 17.5 Å². The zero-order valence-corrected chi connectivity index (χ0v) is 15.5. The first-order valence-corrected chi connectivity index (χ1v) is 8.78. The van der Waals surface area contributed by atoms with Gasteiger partial charge in [0.15, 0.2) is 0 Å². The molecular formula is C20H22N4O5. The summed E-state index contributed by atoms with van der Waals surface area (Å²) in [4.78, 5) is 24.1. The van der Waals surface area contributed by atoms with Crippen molar-refractivity contribution in [1.82, 2.24) is 10.9 Å². The third kappa shape index (κ3) is 7.26. The molecule has 0 aliphatic heterocycles. The average Bonchev–Trinajstić information content (AvgIpc) is 2.77. The second-order valence-electron chi connectivity index (χ2n) is 6.00. The lowest BCUT2D eigenvalue weighted by atomic mass is 10.1. The summed E-state index contributed by atoms with van der Waals surface area (Å²) in [5.41, 5.74) is 5.48. The number of hydrogen-bond acceptors (Lipinski definition) is 7. The van der Waals surface area contributed by atoms with Gasteiger partial charge in [-0.15, -0.1) is 0 Å². The standard InChI is InChI=1S/C20H22N4O5/c25-13-18(27)17(26)11-16(22-24-20(29)15-9-5-2-6-10-15)12-21-23-19(28)14-7-3-1-4-8-14/h1-10,12,17-18,25-27H,11,13H2,(H,23,28)(H,24,29)/b21-12+,22-16-/t17-,18+/m0/s1. The second-order valence-corrected chi connectivity index (χ2v) is 6.00. The van der Waals surface area contributed by atoms with Crippen molar-refractivity contribution in [2.75, 3.05) is 6.61 Å². The molecule has 2 atom stereocenters. The van der Waals surface area contributed by atoms with Gasteiger partial charge in [-0.1, -0.05) is 36.4 Å². The molecule has 29 heavy (non-hydrogen) atoms. The predicted molar refractivity (Wildman–Crippen MR) is 107 cm³/mol. The molecule has 0 bridgehead atoms. The Hall–Kier alpha value is -3.40. The van der Waals surface area contributed by atoms with Gasteiger partial charge in [0.05, 0.1) is 24.6 Å². The van der Waals surface area contributed by atoms with Gasteiger partial charge in [0.2, 0.25) is 0 Å². The molecule has 9 heteroatoms. The molecule has 0 spiro atoms. The molecule has 2 rings (SSSR count). The molecule has 0 saturated carbocycles. The summed E-state index contributed by atoms with van der Waals surface area (Å²) in [6.07, 6.45) is -1.82. The molecule has 0 aromatic heterocycles. The fraction of sp³-hybridized carbons (Fsp3) is 0.200. The molecule has 9 nitrogen and oxygen atoms in total. The van der Waals surface area contributed by atoms with E-state index in [0.29, 0.717) is 11.1 Å². The minimum Gasteiger partial charge on any atom is -0.394 e. The molecule has 152 valence electrons. The van der Waals surface area contributed by atoms with Crippen LogP contribution in [0.1, 0.15) is 27.1 Å². The van der Waals surface area contributed by atoms with E-state index in [1.54, 1.807) is 60.7 Å². The van der Waals surface area contributed by atoms with Crippen LogP contribution in [0.25, 0.3) is 0 Å². The van der Waals surface area contributed by atoms with E-state index < -0.39 is 30.6 Å². The van der Waals surface area contributed by atoms with Crippen molar-refractivity contribution in [3.05, 3.63) is 71.8 Å². The summed E-state index contributed by atoms with van der Waals surface area (Å²) in [5.74, 6) is -0.938. The van der Waals surface area contributed by atoms with E-state index in [0.717, 1.165) is 6.21 Å². The third-order valence-corrected chi connectivity index (χ3v) is 3.80. The minimum absolute atomic E-state index is 0.0719. The van der Waals surface area contributed by atoms with Crippen LogP contribution in [0.4, 0.5) is 0 Å². The molecule has 0 aliphatic carbocycles. The Bertz CT molecular complexity index is 856. The smallest absolute Gasteiger partial charge is 0.271 e. The Morgan fingerprint density at radius 1 is 0.862 bits per heavy atom. The van der Waals surface area contributed by atoms with Crippen molar-refractivity contribution in [3.8, 4) is 0 Å². The van der Waals surface area contributed by atoms with Crippen LogP contribution in [-0.4, -0.2) is 57.9 Å². The first-order chi connectivity index (χ1) is 14.0. The van der Waals surface area contributed by atoms with E-state index in [-0.39, 0.29) is 12.1 Å². The third-order valence-electron chi connectivity index (χ3n) is 3.80. The molecular weight excluding hydrogens is 376 g/mol. The summed E-state index contributed by atoms with van der Waals surface area (Å²) in [6.45, 7) is -0.646. The number of carbonyl (C=O) groups excluding carboxylic acids is 2. The highest BCUT2D eigenvalue weighted by Gasteiger charge is 2.17. The monoisotopic (exact) mass is 398 g/mol. The van der Waals surface area contributed by atoms with Crippen LogP contribution >= 0.6 is 0 Å². The van der Waals surface area contributed by atoms with Gasteiger partial charge in [-0.2, -0.15) is 10.2 Å². The van der Waals surface area contributed by atoms with Crippen LogP contribution in [0.2, 0.25) is 0 Å². The van der Waals surface area contributed by atoms with Crippen LogP contribution < -0.4 is 10.9 Å². The Labute approximate surface area is 167 Å². The number of aliphatic hydroxyl groups is 3. The first kappa shape index (κ1) is 21.9. The van der Waals surface area contributed by atoms with Gasteiger partial charge in [0.1, 0.15) is 6.10 Å². The predicted octanol–water partition coefficient (Wildman–Crippen LogP) is 0.292. The van der Waals surface area contributed by atoms with Gasteiger partial charge in [-0.3, -0.25) is 9.59 Å². The van der Waals surface area contributed by atoms with E-state index in [1.165, 1.54) is 0 Å². The normalized spacial score (nSPS) is 13.7. The van der Waals surface area contributed by atoms with Crippen molar-refractivity contribution in [3.63, 3.8) is 0 Å². The molecule has 5 N–H and O–H groups in total. The van der Waals surface area contributed by atoms with Crippen LogP contribution in [-0.2, 0) is 0 Å². The lowest BCUT2D eigenvalue weighted by Gasteiger charge is -2.15. The molecule has 0 radical (unpaired) electrons. The van der Waals surface area contributed by atoms with Crippen molar-refractivity contribution in [2.45, 2.75) is 18.6 Å². The number of rotatable bonds is 9. The molecule has 0 unspecified atom stereocenters. The molecule has 0 aliphatic rings. The number of nitrogens with zero attached hydrogens (tertiary/aromatic N) is 2. The van der Waals surface area contributed by atoms with E-state index in [1.807, 2.05) is 0 Å². The fourth-order valence-electron chi connectivity index (χ4n) is 2.20. The Morgan fingerprint density at radius 3 is 1.90 bits per heavy atom. The van der Waals surface area contributed by atoms with Crippen LogP contribution in [0.3, 0.4) is 0 Å². The number of nitrogens with one attached hydrogen (secondary N) is 2. The van der Waals surface area contributed by atoms with Gasteiger partial charge in [-0.25, -0.2) is 10.9 Å². The largest absolute Gasteiger partial charge is 0.394 e. The van der Waals surface area contributed by atoms with Crippen molar-refractivity contribution in [2.24, 2.45) is 10.2 Å². The molecule has 2 amide bonds. The highest BCUT2D eigenvalue weighted by atomic mass is 16.4. The van der Waals surface area contributed by atoms with Crippen LogP contribution in [0.15, 0.2) is 70.9 Å². The highest BCUT2D eigenvalue weighted by molar-refractivity contribution is 6.31. The topological polar surface area (TPSA) is 144 Å². The van der Waals surface area contributed by atoms with Crippen molar-refractivity contribution >= 4 is 23.7 Å². The Morgan fingerprint density at radius 2 is 1.38 bits per heavy atom. The quantitative estimate of drug-likeness (QED) is 0.305. The van der Waals surface area contributed by atoms with Gasteiger partial charge in [-0.05, 0) is 24.3 Å². The first-order valence-electron chi connectivity index (χ1n) is 8.78. The summed E-state index contributed by atoms with van der Waals surface area (Å²) in [7, 11) is 0. The zero-order chi connectivity index (χ0) is 21.1. The lowest BCUT2D eigenvalue weighted by molar-refractivity contribution is -0.00975. The second kappa shape index (κ2) is 11.4. The number of amides is 2. The maximum Gasteiger partial charge on any atom is 0.271 e. The Balaban J connectivity index is 2.07. The number of carbonyl (C=O) groups is 2. The van der Waals surface area contributed by atoms with Crippen molar-refractivity contribution < 1.29 is 24.9 Å². The summed E-state index contributed by atoms with van der Waals surface area (Å²) < 4.78 is 0. The summed E-state index contributed by atoms with van der Waals surface area (Å²) in [5, 5.41) is 36.1. The van der Waals surface area contributed by atoms with E-state index >= 15 is 0 Å². The van der Waals surface area contributed by atoms with Gasteiger partial charge >= 0.3 is 0 Å². The average molecular weight is 398 g/mol. The molecule has 0 fully saturated rings. The summed E-state index contributed by atoms with van der Waals surface area (Å²) >= 11 is 0. The maximum atomic E-state index is 12.1. The van der Waals surface area contributed by atoms with Crippen LogP contribution in [0, 0.1) is 0 Å². The number of benzene rings is 2. The Kier molecular flexibility index (Phi) is 8.64. The number of aliphatic hydroxyl groups excluding tert-OH is 3. The highest BCUT2D eigenvalue weighted by Crippen LogP contribution is 2.02. The van der Waals surface area contributed by atoms with Gasteiger partial charge in [0.25, 0.3) is 11.8 Å². The molecule has 2 aromatic rings. The molecule has 0 heterocycles. The fourth-order valence-corrected chi connectivity index (χ4v) is 2.20. The number of hydrazone groups is 2.